The monoisotopic (exact) mass is 263 g/mol. The van der Waals surface area contributed by atoms with Crippen molar-refractivity contribution in [3.63, 3.8) is 0 Å². The summed E-state index contributed by atoms with van der Waals surface area (Å²) in [5, 5.41) is 8.16. The Morgan fingerprint density at radius 2 is 2.16 bits per heavy atom. The molecule has 19 heavy (non-hydrogen) atoms. The summed E-state index contributed by atoms with van der Waals surface area (Å²) >= 11 is 0. The highest BCUT2D eigenvalue weighted by Gasteiger charge is 2.19. The van der Waals surface area contributed by atoms with Crippen LogP contribution < -0.4 is 5.73 Å². The number of aryl methyl sites for hydroxylation is 1. The van der Waals surface area contributed by atoms with E-state index in [-0.39, 0.29) is 5.41 Å². The molecular weight excluding hydrogens is 242 g/mol. The van der Waals surface area contributed by atoms with Gasteiger partial charge in [-0.1, -0.05) is 26.0 Å². The van der Waals surface area contributed by atoms with E-state index in [9.17, 15) is 0 Å². The molecule has 0 saturated heterocycles. The molecule has 0 bridgehead atoms. The van der Waals surface area contributed by atoms with E-state index in [0.717, 1.165) is 24.3 Å². The van der Waals surface area contributed by atoms with Crippen LogP contribution in [-0.2, 0) is 18.4 Å². The molecule has 0 spiro atoms. The molecule has 2 heterocycles. The Morgan fingerprint density at radius 3 is 2.79 bits per heavy atom. The Kier molecular flexibility index (Phi) is 3.99. The summed E-state index contributed by atoms with van der Waals surface area (Å²) in [6.45, 7) is 7.46. The molecule has 0 radical (unpaired) electrons. The number of nitrogens with two attached hydrogens (primary N) is 1. The molecule has 104 valence electrons. The fraction of sp³-hybridized carbons (Fsp3) is 0.615. The SMILES string of the molecule is CC(C)(C)c1cnc(Cn2cc(CCCN)nn2)o1. The van der Waals surface area contributed by atoms with Crippen molar-refractivity contribution in [2.75, 3.05) is 6.54 Å². The minimum Gasteiger partial charge on any atom is -0.443 e. The third-order valence-corrected chi connectivity index (χ3v) is 2.81. The molecule has 2 aromatic heterocycles. The van der Waals surface area contributed by atoms with Crippen LogP contribution in [0.15, 0.2) is 16.8 Å². The molecule has 6 heteroatoms. The Morgan fingerprint density at radius 1 is 1.37 bits per heavy atom. The van der Waals surface area contributed by atoms with Gasteiger partial charge in [0.1, 0.15) is 12.3 Å². The maximum atomic E-state index is 5.72. The van der Waals surface area contributed by atoms with Crippen LogP contribution in [-0.4, -0.2) is 26.5 Å². The van der Waals surface area contributed by atoms with Crippen LogP contribution in [0.3, 0.4) is 0 Å². The first kappa shape index (κ1) is 13.7. The van der Waals surface area contributed by atoms with E-state index in [0.29, 0.717) is 19.0 Å². The molecule has 0 amide bonds. The quantitative estimate of drug-likeness (QED) is 0.884. The molecule has 0 unspecified atom stereocenters. The van der Waals surface area contributed by atoms with Crippen molar-refractivity contribution in [2.45, 2.75) is 45.6 Å². The highest BCUT2D eigenvalue weighted by molar-refractivity contribution is 5.06. The topological polar surface area (TPSA) is 82.8 Å². The van der Waals surface area contributed by atoms with Crippen molar-refractivity contribution in [3.05, 3.63) is 29.7 Å². The Labute approximate surface area is 113 Å². The van der Waals surface area contributed by atoms with Crippen molar-refractivity contribution in [1.29, 1.82) is 0 Å². The Bertz CT molecular complexity index is 523. The molecule has 0 saturated carbocycles. The molecule has 2 rings (SSSR count). The minimum atomic E-state index is -0.0279. The van der Waals surface area contributed by atoms with Gasteiger partial charge in [-0.2, -0.15) is 0 Å². The fourth-order valence-electron chi connectivity index (χ4n) is 1.68. The van der Waals surface area contributed by atoms with Crippen LogP contribution in [0.5, 0.6) is 0 Å². The van der Waals surface area contributed by atoms with Gasteiger partial charge in [-0.25, -0.2) is 9.67 Å². The zero-order chi connectivity index (χ0) is 13.9. The second-order valence-electron chi connectivity index (χ2n) is 5.67. The third-order valence-electron chi connectivity index (χ3n) is 2.81. The number of rotatable bonds is 5. The molecule has 2 N–H and O–H groups in total. The molecule has 0 aliphatic rings. The van der Waals surface area contributed by atoms with Crippen LogP contribution in [0.1, 0.15) is 44.5 Å². The highest BCUT2D eigenvalue weighted by Crippen LogP contribution is 2.22. The van der Waals surface area contributed by atoms with E-state index >= 15 is 0 Å². The minimum absolute atomic E-state index is 0.0279. The molecule has 0 aromatic carbocycles. The first-order chi connectivity index (χ1) is 8.99. The van der Waals surface area contributed by atoms with Gasteiger partial charge in [-0.15, -0.1) is 5.10 Å². The van der Waals surface area contributed by atoms with Gasteiger partial charge < -0.3 is 10.2 Å². The summed E-state index contributed by atoms with van der Waals surface area (Å²) < 4.78 is 7.46. The predicted molar refractivity (Wildman–Crippen MR) is 71.7 cm³/mol. The third kappa shape index (κ3) is 3.64. The summed E-state index contributed by atoms with van der Waals surface area (Å²) in [6.07, 6.45) is 5.47. The Hall–Kier alpha value is -1.69. The largest absolute Gasteiger partial charge is 0.443 e. The van der Waals surface area contributed by atoms with Gasteiger partial charge in [0.2, 0.25) is 5.89 Å². The van der Waals surface area contributed by atoms with Gasteiger partial charge in [0.15, 0.2) is 0 Å². The second-order valence-corrected chi connectivity index (χ2v) is 5.67. The number of nitrogens with zero attached hydrogens (tertiary/aromatic N) is 4. The molecule has 0 fully saturated rings. The first-order valence-corrected chi connectivity index (χ1v) is 6.53. The lowest BCUT2D eigenvalue weighted by atomic mass is 9.94. The van der Waals surface area contributed by atoms with E-state index < -0.39 is 0 Å². The highest BCUT2D eigenvalue weighted by atomic mass is 16.4. The van der Waals surface area contributed by atoms with Crippen LogP contribution in [0, 0.1) is 0 Å². The van der Waals surface area contributed by atoms with Crippen LogP contribution in [0.25, 0.3) is 0 Å². The van der Waals surface area contributed by atoms with Gasteiger partial charge >= 0.3 is 0 Å². The van der Waals surface area contributed by atoms with E-state index in [1.165, 1.54) is 0 Å². The van der Waals surface area contributed by atoms with E-state index in [1.807, 2.05) is 6.20 Å². The maximum Gasteiger partial charge on any atom is 0.216 e. The summed E-state index contributed by atoms with van der Waals surface area (Å²) in [4.78, 5) is 4.27. The summed E-state index contributed by atoms with van der Waals surface area (Å²) in [6, 6.07) is 0. The van der Waals surface area contributed by atoms with Gasteiger partial charge in [0.05, 0.1) is 11.9 Å². The van der Waals surface area contributed by atoms with E-state index in [4.69, 9.17) is 10.2 Å². The normalized spacial score (nSPS) is 12.0. The van der Waals surface area contributed by atoms with Gasteiger partial charge in [-0.05, 0) is 19.4 Å². The summed E-state index contributed by atoms with van der Waals surface area (Å²) in [7, 11) is 0. The van der Waals surface area contributed by atoms with Gasteiger partial charge in [-0.3, -0.25) is 0 Å². The molecule has 0 aliphatic carbocycles. The lowest BCUT2D eigenvalue weighted by Gasteiger charge is -2.12. The van der Waals surface area contributed by atoms with Crippen LogP contribution in [0.2, 0.25) is 0 Å². The summed E-state index contributed by atoms with van der Waals surface area (Å²) in [5.41, 5.74) is 6.39. The van der Waals surface area contributed by atoms with Crippen molar-refractivity contribution in [2.24, 2.45) is 5.73 Å². The molecule has 6 nitrogen and oxygen atoms in total. The van der Waals surface area contributed by atoms with Gasteiger partial charge in [0.25, 0.3) is 0 Å². The van der Waals surface area contributed by atoms with Crippen molar-refractivity contribution < 1.29 is 4.42 Å². The first-order valence-electron chi connectivity index (χ1n) is 6.53. The lowest BCUT2D eigenvalue weighted by molar-refractivity contribution is 0.371. The zero-order valence-electron chi connectivity index (χ0n) is 11.8. The van der Waals surface area contributed by atoms with Crippen LogP contribution >= 0.6 is 0 Å². The van der Waals surface area contributed by atoms with E-state index in [2.05, 4.69) is 36.1 Å². The second kappa shape index (κ2) is 5.52. The average Bonchev–Trinajstić information content (AvgIpc) is 2.95. The molecule has 0 atom stereocenters. The van der Waals surface area contributed by atoms with Crippen molar-refractivity contribution >= 4 is 0 Å². The van der Waals surface area contributed by atoms with Crippen LogP contribution in [0.4, 0.5) is 0 Å². The van der Waals surface area contributed by atoms with Crippen molar-refractivity contribution in [3.8, 4) is 0 Å². The van der Waals surface area contributed by atoms with E-state index in [1.54, 1.807) is 10.9 Å². The Balaban J connectivity index is 2.01. The number of aromatic nitrogens is 4. The zero-order valence-corrected chi connectivity index (χ0v) is 11.8. The predicted octanol–water partition coefficient (Wildman–Crippen LogP) is 1.50. The smallest absolute Gasteiger partial charge is 0.216 e. The molecular formula is C13H21N5O. The maximum absolute atomic E-state index is 5.72. The lowest BCUT2D eigenvalue weighted by Crippen LogP contribution is -2.09. The van der Waals surface area contributed by atoms with Gasteiger partial charge in [0, 0.05) is 11.6 Å². The number of hydrogen-bond donors (Lipinski definition) is 1. The molecule has 2 aromatic rings. The standard InChI is InChI=1S/C13H21N5O/c1-13(2,3)11-7-15-12(19-11)9-18-8-10(16-17-18)5-4-6-14/h7-8H,4-6,9,14H2,1-3H3. The number of hydrogen-bond acceptors (Lipinski definition) is 5. The van der Waals surface area contributed by atoms with Crippen molar-refractivity contribution in [1.82, 2.24) is 20.0 Å². The summed E-state index contributed by atoms with van der Waals surface area (Å²) in [5.74, 6) is 1.53. The number of oxazole rings is 1. The fourth-order valence-corrected chi connectivity index (χ4v) is 1.68. The molecule has 0 aliphatic heterocycles. The average molecular weight is 263 g/mol.